The van der Waals surface area contributed by atoms with Crippen LogP contribution in [-0.2, 0) is 11.3 Å². The van der Waals surface area contributed by atoms with Crippen LogP contribution in [-0.4, -0.2) is 36.2 Å². The van der Waals surface area contributed by atoms with E-state index in [2.05, 4.69) is 31.0 Å². The Labute approximate surface area is 120 Å². The van der Waals surface area contributed by atoms with Gasteiger partial charge in [0.2, 0.25) is 0 Å². The minimum absolute atomic E-state index is 0.404. The van der Waals surface area contributed by atoms with Gasteiger partial charge in [-0.3, -0.25) is 4.90 Å². The first-order chi connectivity index (χ1) is 9.06. The highest BCUT2D eigenvalue weighted by molar-refractivity contribution is 7.80. The van der Waals surface area contributed by atoms with Gasteiger partial charge in [0.05, 0.1) is 6.10 Å². The van der Waals surface area contributed by atoms with Crippen LogP contribution in [0.1, 0.15) is 29.5 Å². The molecule has 0 bridgehead atoms. The highest BCUT2D eigenvalue weighted by Crippen LogP contribution is 2.16. The van der Waals surface area contributed by atoms with Gasteiger partial charge in [0.15, 0.2) is 0 Å². The lowest BCUT2D eigenvalue weighted by molar-refractivity contribution is 0.0793. The van der Waals surface area contributed by atoms with Crippen LogP contribution in [0, 0.1) is 6.92 Å². The van der Waals surface area contributed by atoms with E-state index in [1.54, 1.807) is 0 Å². The molecule has 1 aromatic carbocycles. The molecular weight excluding hydrogens is 256 g/mol. The van der Waals surface area contributed by atoms with Crippen LogP contribution in [0.25, 0.3) is 0 Å². The maximum absolute atomic E-state index is 5.67. The quantitative estimate of drug-likeness (QED) is 0.838. The first kappa shape index (κ1) is 14.4. The predicted molar refractivity (Wildman–Crippen MR) is 82.4 cm³/mol. The Kier molecular flexibility index (Phi) is 4.91. The van der Waals surface area contributed by atoms with E-state index in [1.807, 2.05) is 6.07 Å². The van der Waals surface area contributed by atoms with Gasteiger partial charge in [-0.2, -0.15) is 0 Å². The van der Waals surface area contributed by atoms with Gasteiger partial charge in [-0.15, -0.1) is 0 Å². The molecule has 1 atom stereocenters. The number of ether oxygens (including phenoxy) is 1. The third-order valence-electron chi connectivity index (χ3n) is 3.61. The molecule has 0 radical (unpaired) electrons. The largest absolute Gasteiger partial charge is 0.389 e. The number of hydrogen-bond donors (Lipinski definition) is 1. The Bertz CT molecular complexity index is 455. The van der Waals surface area contributed by atoms with Gasteiger partial charge in [-0.25, -0.2) is 0 Å². The number of aryl methyl sites for hydroxylation is 1. The van der Waals surface area contributed by atoms with E-state index in [1.165, 1.54) is 24.0 Å². The van der Waals surface area contributed by atoms with Crippen LogP contribution in [0.3, 0.4) is 0 Å². The Morgan fingerprint density at radius 1 is 1.53 bits per heavy atom. The lowest BCUT2D eigenvalue weighted by atomic mass is 10.0. The van der Waals surface area contributed by atoms with Crippen molar-refractivity contribution >= 4 is 17.2 Å². The Morgan fingerprint density at radius 2 is 2.32 bits per heavy atom. The van der Waals surface area contributed by atoms with Gasteiger partial charge in [0.25, 0.3) is 0 Å². The molecule has 3 nitrogen and oxygen atoms in total. The molecule has 0 aromatic heterocycles. The third-order valence-corrected chi connectivity index (χ3v) is 3.84. The van der Waals surface area contributed by atoms with Crippen LogP contribution >= 0.6 is 12.2 Å². The lowest BCUT2D eigenvalue weighted by Gasteiger charge is -2.21. The smallest absolute Gasteiger partial charge is 0.103 e. The Balaban J connectivity index is 1.96. The summed E-state index contributed by atoms with van der Waals surface area (Å²) >= 11 is 5.00. The molecule has 1 saturated heterocycles. The topological polar surface area (TPSA) is 38.5 Å². The summed E-state index contributed by atoms with van der Waals surface area (Å²) in [7, 11) is 2.14. The summed E-state index contributed by atoms with van der Waals surface area (Å²) in [6, 6.07) is 6.19. The third kappa shape index (κ3) is 4.00. The molecule has 0 amide bonds. The molecule has 0 saturated carbocycles. The van der Waals surface area contributed by atoms with E-state index in [4.69, 9.17) is 22.7 Å². The fourth-order valence-corrected chi connectivity index (χ4v) is 2.64. The lowest BCUT2D eigenvalue weighted by Crippen LogP contribution is -2.28. The SMILES string of the molecule is Cc1cc(C(N)=S)ccc1CN(C)CC1CCCO1. The number of hydrogen-bond acceptors (Lipinski definition) is 3. The minimum Gasteiger partial charge on any atom is -0.389 e. The average molecular weight is 278 g/mol. The summed E-state index contributed by atoms with van der Waals surface area (Å²) in [5.41, 5.74) is 9.15. The number of likely N-dealkylation sites (N-methyl/N-ethyl adjacent to an activating group) is 1. The van der Waals surface area contributed by atoms with Crippen LogP contribution in [0.4, 0.5) is 0 Å². The van der Waals surface area contributed by atoms with Crippen molar-refractivity contribution in [2.24, 2.45) is 5.73 Å². The van der Waals surface area contributed by atoms with Gasteiger partial charge in [0, 0.05) is 25.3 Å². The molecule has 1 unspecified atom stereocenters. The number of rotatable bonds is 5. The highest BCUT2D eigenvalue weighted by Gasteiger charge is 2.17. The summed E-state index contributed by atoms with van der Waals surface area (Å²) < 4.78 is 5.67. The molecule has 2 N–H and O–H groups in total. The van der Waals surface area contributed by atoms with Crippen LogP contribution in [0.15, 0.2) is 18.2 Å². The summed E-state index contributed by atoms with van der Waals surface area (Å²) in [5.74, 6) is 0. The van der Waals surface area contributed by atoms with Crippen molar-refractivity contribution in [3.05, 3.63) is 34.9 Å². The second kappa shape index (κ2) is 6.46. The number of nitrogens with two attached hydrogens (primary N) is 1. The van der Waals surface area contributed by atoms with Crippen LogP contribution < -0.4 is 5.73 Å². The second-order valence-electron chi connectivity index (χ2n) is 5.34. The van der Waals surface area contributed by atoms with E-state index in [-0.39, 0.29) is 0 Å². The molecule has 104 valence electrons. The monoisotopic (exact) mass is 278 g/mol. The Hall–Kier alpha value is -0.970. The van der Waals surface area contributed by atoms with E-state index in [9.17, 15) is 0 Å². The van der Waals surface area contributed by atoms with E-state index in [0.717, 1.165) is 25.3 Å². The molecule has 1 aliphatic rings. The zero-order chi connectivity index (χ0) is 13.8. The standard InChI is InChI=1S/C15H22N2OS/c1-11-8-12(15(16)19)5-6-13(11)9-17(2)10-14-4-3-7-18-14/h5-6,8,14H,3-4,7,9-10H2,1-2H3,(H2,16,19). The molecule has 0 spiro atoms. The molecule has 4 heteroatoms. The highest BCUT2D eigenvalue weighted by atomic mass is 32.1. The Morgan fingerprint density at radius 3 is 2.89 bits per heavy atom. The van der Waals surface area contributed by atoms with Crippen molar-refractivity contribution in [3.63, 3.8) is 0 Å². The maximum atomic E-state index is 5.67. The first-order valence-corrected chi connectivity index (χ1v) is 7.16. The van der Waals surface area contributed by atoms with Crippen molar-refractivity contribution in [3.8, 4) is 0 Å². The second-order valence-corrected chi connectivity index (χ2v) is 5.78. The zero-order valence-electron chi connectivity index (χ0n) is 11.7. The van der Waals surface area contributed by atoms with E-state index < -0.39 is 0 Å². The summed E-state index contributed by atoms with van der Waals surface area (Å²) in [6.07, 6.45) is 2.78. The molecule has 1 aliphatic heterocycles. The van der Waals surface area contributed by atoms with Crippen molar-refractivity contribution in [2.45, 2.75) is 32.4 Å². The molecule has 1 aromatic rings. The summed E-state index contributed by atoms with van der Waals surface area (Å²) in [4.78, 5) is 2.78. The first-order valence-electron chi connectivity index (χ1n) is 6.75. The maximum Gasteiger partial charge on any atom is 0.103 e. The van der Waals surface area contributed by atoms with Crippen molar-refractivity contribution < 1.29 is 4.74 Å². The van der Waals surface area contributed by atoms with E-state index in [0.29, 0.717) is 11.1 Å². The molecule has 0 aliphatic carbocycles. The van der Waals surface area contributed by atoms with Gasteiger partial charge < -0.3 is 10.5 Å². The molecule has 1 heterocycles. The van der Waals surface area contributed by atoms with Crippen molar-refractivity contribution in [2.75, 3.05) is 20.2 Å². The van der Waals surface area contributed by atoms with Crippen LogP contribution in [0.2, 0.25) is 0 Å². The summed E-state index contributed by atoms with van der Waals surface area (Å²) in [5, 5.41) is 0. The van der Waals surface area contributed by atoms with E-state index >= 15 is 0 Å². The van der Waals surface area contributed by atoms with Gasteiger partial charge in [0.1, 0.15) is 4.99 Å². The number of thiocarbonyl (C=S) groups is 1. The number of nitrogens with zero attached hydrogens (tertiary/aromatic N) is 1. The van der Waals surface area contributed by atoms with Crippen molar-refractivity contribution in [1.82, 2.24) is 4.90 Å². The van der Waals surface area contributed by atoms with Gasteiger partial charge in [-0.05, 0) is 44.0 Å². The van der Waals surface area contributed by atoms with Gasteiger partial charge in [-0.1, -0.05) is 24.4 Å². The molecule has 1 fully saturated rings. The number of benzene rings is 1. The fourth-order valence-electron chi connectivity index (χ4n) is 2.52. The minimum atomic E-state index is 0.404. The fraction of sp³-hybridized carbons (Fsp3) is 0.533. The molecule has 19 heavy (non-hydrogen) atoms. The predicted octanol–water partition coefficient (Wildman–Crippen LogP) is 2.24. The molecule has 2 rings (SSSR count). The normalized spacial score (nSPS) is 19.0. The summed E-state index contributed by atoms with van der Waals surface area (Å²) in [6.45, 7) is 4.96. The van der Waals surface area contributed by atoms with Crippen LogP contribution in [0.5, 0.6) is 0 Å². The van der Waals surface area contributed by atoms with Gasteiger partial charge >= 0.3 is 0 Å². The average Bonchev–Trinajstić information content (AvgIpc) is 2.84. The molecular formula is C15H22N2OS. The van der Waals surface area contributed by atoms with Crippen molar-refractivity contribution in [1.29, 1.82) is 0 Å². The zero-order valence-corrected chi connectivity index (χ0v) is 12.5.